The maximum atomic E-state index is 3.44. The van der Waals surface area contributed by atoms with Gasteiger partial charge in [0.05, 0.1) is 0 Å². The van der Waals surface area contributed by atoms with Crippen molar-refractivity contribution in [3.05, 3.63) is 0 Å². The SMILES string of the molecule is CNC1CCN(CCC2CCNCC2)C1.Cl.Cl. The Morgan fingerprint density at radius 2 is 1.88 bits per heavy atom. The first-order chi connectivity index (χ1) is 7.38. The van der Waals surface area contributed by atoms with Gasteiger partial charge in [-0.25, -0.2) is 0 Å². The lowest BCUT2D eigenvalue weighted by Crippen LogP contribution is -2.32. The molecule has 2 aliphatic rings. The molecule has 5 heteroatoms. The second-order valence-corrected chi connectivity index (χ2v) is 5.06. The molecule has 2 saturated heterocycles. The molecule has 2 N–H and O–H groups in total. The average Bonchev–Trinajstić information content (AvgIpc) is 2.76. The van der Waals surface area contributed by atoms with E-state index in [-0.39, 0.29) is 24.8 Å². The standard InChI is InChI=1S/C12H25N3.2ClH/c1-13-12-5-9-15(10-12)8-4-11-2-6-14-7-3-11;;/h11-14H,2-10H2,1H3;2*1H. The fourth-order valence-electron chi connectivity index (χ4n) is 2.81. The maximum Gasteiger partial charge on any atom is 0.0204 e. The molecule has 0 aromatic heterocycles. The Morgan fingerprint density at radius 1 is 1.18 bits per heavy atom. The van der Waals surface area contributed by atoms with Gasteiger partial charge in [0, 0.05) is 12.6 Å². The highest BCUT2D eigenvalue weighted by molar-refractivity contribution is 5.85. The number of nitrogens with zero attached hydrogens (tertiary/aromatic N) is 1. The van der Waals surface area contributed by atoms with Crippen LogP contribution in [0.25, 0.3) is 0 Å². The summed E-state index contributed by atoms with van der Waals surface area (Å²) in [6.45, 7) is 6.37. The van der Waals surface area contributed by atoms with Crippen LogP contribution in [-0.4, -0.2) is 50.7 Å². The molecular formula is C12H27Cl2N3. The van der Waals surface area contributed by atoms with E-state index in [0.717, 1.165) is 12.0 Å². The van der Waals surface area contributed by atoms with Crippen LogP contribution in [0.3, 0.4) is 0 Å². The Bertz CT molecular complexity index is 187. The van der Waals surface area contributed by atoms with E-state index in [1.807, 2.05) is 0 Å². The molecule has 3 nitrogen and oxygen atoms in total. The van der Waals surface area contributed by atoms with Crippen LogP contribution in [0.1, 0.15) is 25.7 Å². The average molecular weight is 284 g/mol. The van der Waals surface area contributed by atoms with E-state index in [1.54, 1.807) is 0 Å². The molecule has 2 rings (SSSR count). The van der Waals surface area contributed by atoms with Gasteiger partial charge in [-0.3, -0.25) is 0 Å². The Balaban J connectivity index is 0.00000128. The molecule has 2 fully saturated rings. The minimum atomic E-state index is 0. The molecule has 0 amide bonds. The lowest BCUT2D eigenvalue weighted by Gasteiger charge is -2.25. The van der Waals surface area contributed by atoms with Gasteiger partial charge in [-0.05, 0) is 64.8 Å². The zero-order valence-corrected chi connectivity index (χ0v) is 12.4. The fourth-order valence-corrected chi connectivity index (χ4v) is 2.81. The van der Waals surface area contributed by atoms with Crippen molar-refractivity contribution in [2.24, 2.45) is 5.92 Å². The first-order valence-electron chi connectivity index (χ1n) is 6.49. The van der Waals surface area contributed by atoms with E-state index in [0.29, 0.717) is 0 Å². The van der Waals surface area contributed by atoms with Crippen molar-refractivity contribution in [3.8, 4) is 0 Å². The highest BCUT2D eigenvalue weighted by atomic mass is 35.5. The topological polar surface area (TPSA) is 27.3 Å². The maximum absolute atomic E-state index is 3.44. The summed E-state index contributed by atoms with van der Waals surface area (Å²) in [4.78, 5) is 2.63. The minimum Gasteiger partial charge on any atom is -0.317 e. The Hall–Kier alpha value is 0.460. The number of halogens is 2. The molecule has 17 heavy (non-hydrogen) atoms. The Labute approximate surface area is 118 Å². The van der Waals surface area contributed by atoms with Crippen LogP contribution < -0.4 is 10.6 Å². The molecular weight excluding hydrogens is 257 g/mol. The molecule has 0 spiro atoms. The van der Waals surface area contributed by atoms with Crippen LogP contribution in [0.4, 0.5) is 0 Å². The van der Waals surface area contributed by atoms with Gasteiger partial charge in [-0.15, -0.1) is 24.8 Å². The first-order valence-corrected chi connectivity index (χ1v) is 6.49. The van der Waals surface area contributed by atoms with Crippen LogP contribution >= 0.6 is 24.8 Å². The summed E-state index contributed by atoms with van der Waals surface area (Å²) < 4.78 is 0. The molecule has 2 aliphatic heterocycles. The molecule has 0 radical (unpaired) electrons. The normalized spacial score (nSPS) is 26.3. The molecule has 0 aliphatic carbocycles. The van der Waals surface area contributed by atoms with Gasteiger partial charge >= 0.3 is 0 Å². The van der Waals surface area contributed by atoms with Crippen molar-refractivity contribution >= 4 is 24.8 Å². The minimum absolute atomic E-state index is 0. The third-order valence-corrected chi connectivity index (χ3v) is 3.99. The number of rotatable bonds is 4. The van der Waals surface area contributed by atoms with Crippen molar-refractivity contribution in [3.63, 3.8) is 0 Å². The summed E-state index contributed by atoms with van der Waals surface area (Å²) in [6, 6.07) is 0.748. The van der Waals surface area contributed by atoms with Crippen molar-refractivity contribution in [2.45, 2.75) is 31.7 Å². The van der Waals surface area contributed by atoms with Crippen LogP contribution in [0.2, 0.25) is 0 Å². The van der Waals surface area contributed by atoms with Crippen LogP contribution in [-0.2, 0) is 0 Å². The largest absolute Gasteiger partial charge is 0.317 e. The fraction of sp³-hybridized carbons (Fsp3) is 1.00. The van der Waals surface area contributed by atoms with Crippen molar-refractivity contribution in [2.75, 3.05) is 39.8 Å². The number of likely N-dealkylation sites (tertiary alicyclic amines) is 1. The highest BCUT2D eigenvalue weighted by Crippen LogP contribution is 2.18. The molecule has 104 valence electrons. The van der Waals surface area contributed by atoms with Crippen molar-refractivity contribution in [1.29, 1.82) is 0 Å². The Morgan fingerprint density at radius 3 is 2.47 bits per heavy atom. The van der Waals surface area contributed by atoms with Gasteiger partial charge in [0.25, 0.3) is 0 Å². The summed E-state index contributed by atoms with van der Waals surface area (Å²) in [7, 11) is 2.08. The molecule has 1 unspecified atom stereocenters. The molecule has 0 saturated carbocycles. The summed E-state index contributed by atoms with van der Waals surface area (Å²) in [5.74, 6) is 0.986. The number of likely N-dealkylation sites (N-methyl/N-ethyl adjacent to an activating group) is 1. The summed E-state index contributed by atoms with van der Waals surface area (Å²) >= 11 is 0. The van der Waals surface area contributed by atoms with Gasteiger partial charge in [0.1, 0.15) is 0 Å². The zero-order chi connectivity index (χ0) is 10.5. The van der Waals surface area contributed by atoms with Gasteiger partial charge < -0.3 is 15.5 Å². The lowest BCUT2D eigenvalue weighted by molar-refractivity contribution is 0.268. The van der Waals surface area contributed by atoms with Crippen molar-refractivity contribution < 1.29 is 0 Å². The highest BCUT2D eigenvalue weighted by Gasteiger charge is 2.21. The summed E-state index contributed by atoms with van der Waals surface area (Å²) in [5, 5.41) is 6.82. The van der Waals surface area contributed by atoms with E-state index in [9.17, 15) is 0 Å². The third-order valence-electron chi connectivity index (χ3n) is 3.99. The third kappa shape index (κ3) is 5.75. The van der Waals surface area contributed by atoms with Crippen LogP contribution in [0.5, 0.6) is 0 Å². The van der Waals surface area contributed by atoms with E-state index in [1.165, 1.54) is 58.4 Å². The number of piperidine rings is 1. The molecule has 1 atom stereocenters. The van der Waals surface area contributed by atoms with Gasteiger partial charge in [-0.2, -0.15) is 0 Å². The van der Waals surface area contributed by atoms with E-state index in [2.05, 4.69) is 22.6 Å². The zero-order valence-electron chi connectivity index (χ0n) is 10.8. The van der Waals surface area contributed by atoms with Crippen LogP contribution in [0, 0.1) is 5.92 Å². The van der Waals surface area contributed by atoms with E-state index < -0.39 is 0 Å². The predicted octanol–water partition coefficient (Wildman–Crippen LogP) is 1.51. The molecule has 2 heterocycles. The number of hydrogen-bond donors (Lipinski definition) is 2. The quantitative estimate of drug-likeness (QED) is 0.819. The van der Waals surface area contributed by atoms with Gasteiger partial charge in [0.2, 0.25) is 0 Å². The van der Waals surface area contributed by atoms with E-state index >= 15 is 0 Å². The monoisotopic (exact) mass is 283 g/mol. The lowest BCUT2D eigenvalue weighted by atomic mass is 9.94. The number of hydrogen-bond acceptors (Lipinski definition) is 3. The first kappa shape index (κ1) is 17.5. The molecule has 0 bridgehead atoms. The van der Waals surface area contributed by atoms with Gasteiger partial charge in [-0.1, -0.05) is 0 Å². The predicted molar refractivity (Wildman–Crippen MR) is 78.6 cm³/mol. The second-order valence-electron chi connectivity index (χ2n) is 5.06. The summed E-state index contributed by atoms with van der Waals surface area (Å²) in [5.41, 5.74) is 0. The smallest absolute Gasteiger partial charge is 0.0204 e. The van der Waals surface area contributed by atoms with Crippen molar-refractivity contribution in [1.82, 2.24) is 15.5 Å². The van der Waals surface area contributed by atoms with E-state index in [4.69, 9.17) is 0 Å². The second kappa shape index (κ2) is 9.40. The summed E-state index contributed by atoms with van der Waals surface area (Å²) in [6.07, 6.45) is 5.54. The van der Waals surface area contributed by atoms with Crippen LogP contribution in [0.15, 0.2) is 0 Å². The molecule has 0 aromatic carbocycles. The Kier molecular flexibility index (Phi) is 9.65. The van der Waals surface area contributed by atoms with Gasteiger partial charge in [0.15, 0.2) is 0 Å². The molecule has 0 aromatic rings. The number of nitrogens with one attached hydrogen (secondary N) is 2.